The van der Waals surface area contributed by atoms with Crippen LogP contribution >= 0.6 is 0 Å². The van der Waals surface area contributed by atoms with Gasteiger partial charge in [-0.25, -0.2) is 0 Å². The molecule has 0 aromatic carbocycles. The number of esters is 1. The summed E-state index contributed by atoms with van der Waals surface area (Å²) in [5.41, 5.74) is -0.530. The summed E-state index contributed by atoms with van der Waals surface area (Å²) < 4.78 is 5.35. The molecule has 3 heteroatoms. The summed E-state index contributed by atoms with van der Waals surface area (Å²) in [6.07, 6.45) is 4.29. The van der Waals surface area contributed by atoms with E-state index in [-0.39, 0.29) is 11.4 Å². The zero-order valence-electron chi connectivity index (χ0n) is 12.6. The predicted octanol–water partition coefficient (Wildman–Crippen LogP) is 3.13. The smallest absolute Gasteiger partial charge is 0.326 e. The van der Waals surface area contributed by atoms with E-state index in [1.54, 1.807) is 0 Å². The molecule has 106 valence electrons. The summed E-state index contributed by atoms with van der Waals surface area (Å²) in [5, 5.41) is 3.53. The molecule has 1 atom stereocenters. The van der Waals surface area contributed by atoms with E-state index in [1.807, 2.05) is 6.92 Å². The van der Waals surface area contributed by atoms with Gasteiger partial charge in [-0.05, 0) is 37.6 Å². The van der Waals surface area contributed by atoms with Crippen molar-refractivity contribution >= 4 is 5.97 Å². The lowest BCUT2D eigenvalue weighted by Crippen LogP contribution is -2.64. The number of ether oxygens (including phenoxy) is 1. The summed E-state index contributed by atoms with van der Waals surface area (Å²) in [5.74, 6) is 0.476. The van der Waals surface area contributed by atoms with Crippen molar-refractivity contribution in [1.29, 1.82) is 0 Å². The second-order valence-corrected chi connectivity index (χ2v) is 6.49. The Morgan fingerprint density at radius 3 is 2.39 bits per heavy atom. The van der Waals surface area contributed by atoms with Gasteiger partial charge in [0.15, 0.2) is 0 Å². The van der Waals surface area contributed by atoms with Crippen LogP contribution in [0.5, 0.6) is 0 Å². The van der Waals surface area contributed by atoms with Crippen molar-refractivity contribution in [1.82, 2.24) is 5.32 Å². The van der Waals surface area contributed by atoms with Crippen molar-refractivity contribution in [3.05, 3.63) is 0 Å². The van der Waals surface area contributed by atoms with E-state index in [0.29, 0.717) is 12.5 Å². The molecule has 1 unspecified atom stereocenters. The Hall–Kier alpha value is -0.570. The molecule has 18 heavy (non-hydrogen) atoms. The van der Waals surface area contributed by atoms with Crippen LogP contribution in [-0.4, -0.2) is 24.7 Å². The van der Waals surface area contributed by atoms with Gasteiger partial charge in [-0.3, -0.25) is 4.79 Å². The van der Waals surface area contributed by atoms with Gasteiger partial charge in [-0.1, -0.05) is 40.5 Å². The Morgan fingerprint density at radius 1 is 1.28 bits per heavy atom. The van der Waals surface area contributed by atoms with Gasteiger partial charge in [-0.2, -0.15) is 0 Å². The highest BCUT2D eigenvalue weighted by molar-refractivity contribution is 5.82. The topological polar surface area (TPSA) is 38.3 Å². The van der Waals surface area contributed by atoms with Crippen LogP contribution in [0.15, 0.2) is 0 Å². The maximum Gasteiger partial charge on any atom is 0.326 e. The third kappa shape index (κ3) is 3.05. The van der Waals surface area contributed by atoms with Gasteiger partial charge in [0.25, 0.3) is 0 Å². The van der Waals surface area contributed by atoms with Crippen molar-refractivity contribution in [2.75, 3.05) is 13.2 Å². The standard InChI is InChI=1S/C15H29NO2/c1-6-18-13(17)15(16-11-12(2)3)10-8-7-9-14(15,4)5/h12,16H,6-11H2,1-5H3. The quantitative estimate of drug-likeness (QED) is 0.767. The van der Waals surface area contributed by atoms with Crippen molar-refractivity contribution in [3.8, 4) is 0 Å². The van der Waals surface area contributed by atoms with E-state index in [4.69, 9.17) is 4.74 Å². The fraction of sp³-hybridized carbons (Fsp3) is 0.933. The Balaban J connectivity index is 2.94. The zero-order valence-corrected chi connectivity index (χ0v) is 12.6. The maximum absolute atomic E-state index is 12.5. The lowest BCUT2D eigenvalue weighted by atomic mass is 9.63. The van der Waals surface area contributed by atoms with Crippen LogP contribution in [0.1, 0.15) is 60.3 Å². The summed E-state index contributed by atoms with van der Waals surface area (Å²) in [6.45, 7) is 11.9. The Labute approximate surface area is 112 Å². The molecule has 0 bridgehead atoms. The fourth-order valence-electron chi connectivity index (χ4n) is 2.92. The van der Waals surface area contributed by atoms with Gasteiger partial charge in [0.1, 0.15) is 5.54 Å². The first-order chi connectivity index (χ1) is 8.35. The molecular formula is C15H29NO2. The SMILES string of the molecule is CCOC(=O)C1(NCC(C)C)CCCCC1(C)C. The Morgan fingerprint density at radius 2 is 1.89 bits per heavy atom. The lowest BCUT2D eigenvalue weighted by molar-refractivity contribution is -0.160. The minimum absolute atomic E-state index is 0.0353. The Bertz CT molecular complexity index is 286. The molecule has 0 heterocycles. The van der Waals surface area contributed by atoms with Gasteiger partial charge >= 0.3 is 5.97 Å². The van der Waals surface area contributed by atoms with Crippen LogP contribution in [0.25, 0.3) is 0 Å². The molecule has 0 saturated heterocycles. The van der Waals surface area contributed by atoms with Crippen LogP contribution in [0.3, 0.4) is 0 Å². The van der Waals surface area contributed by atoms with Crippen molar-refractivity contribution in [3.63, 3.8) is 0 Å². The zero-order chi connectivity index (χ0) is 13.8. The minimum atomic E-state index is -0.495. The Kier molecular flexibility index (Phi) is 5.20. The number of nitrogens with one attached hydrogen (secondary N) is 1. The molecule has 0 amide bonds. The van der Waals surface area contributed by atoms with Crippen LogP contribution in [0.2, 0.25) is 0 Å². The summed E-state index contributed by atoms with van der Waals surface area (Å²) in [6, 6.07) is 0. The van der Waals surface area contributed by atoms with Crippen LogP contribution < -0.4 is 5.32 Å². The molecule has 3 nitrogen and oxygen atoms in total. The van der Waals surface area contributed by atoms with E-state index >= 15 is 0 Å². The second-order valence-electron chi connectivity index (χ2n) is 6.49. The fourth-order valence-corrected chi connectivity index (χ4v) is 2.92. The largest absolute Gasteiger partial charge is 0.465 e. The van der Waals surface area contributed by atoms with E-state index in [9.17, 15) is 4.79 Å². The first-order valence-corrected chi connectivity index (χ1v) is 7.28. The number of hydrogen-bond donors (Lipinski definition) is 1. The lowest BCUT2D eigenvalue weighted by Gasteiger charge is -2.48. The molecule has 1 saturated carbocycles. The number of rotatable bonds is 5. The molecule has 0 spiro atoms. The van der Waals surface area contributed by atoms with Gasteiger partial charge in [-0.15, -0.1) is 0 Å². The van der Waals surface area contributed by atoms with Gasteiger partial charge < -0.3 is 10.1 Å². The number of carbonyl (C=O) groups is 1. The summed E-state index contributed by atoms with van der Waals surface area (Å²) in [4.78, 5) is 12.5. The van der Waals surface area contributed by atoms with Gasteiger partial charge in [0, 0.05) is 0 Å². The van der Waals surface area contributed by atoms with Crippen molar-refractivity contribution in [2.24, 2.45) is 11.3 Å². The van der Waals surface area contributed by atoms with Gasteiger partial charge in [0.2, 0.25) is 0 Å². The molecule has 1 aliphatic rings. The predicted molar refractivity (Wildman–Crippen MR) is 74.5 cm³/mol. The monoisotopic (exact) mass is 255 g/mol. The molecule has 1 rings (SSSR count). The molecule has 0 aromatic rings. The number of hydrogen-bond acceptors (Lipinski definition) is 3. The first kappa shape index (κ1) is 15.5. The van der Waals surface area contributed by atoms with E-state index in [2.05, 4.69) is 33.0 Å². The van der Waals surface area contributed by atoms with Crippen LogP contribution in [0, 0.1) is 11.3 Å². The third-order valence-corrected chi connectivity index (χ3v) is 4.19. The number of carbonyl (C=O) groups excluding carboxylic acids is 1. The molecular weight excluding hydrogens is 226 g/mol. The summed E-state index contributed by atoms with van der Waals surface area (Å²) in [7, 11) is 0. The molecule has 1 N–H and O–H groups in total. The highest BCUT2D eigenvalue weighted by Gasteiger charge is 2.52. The maximum atomic E-state index is 12.5. The average molecular weight is 255 g/mol. The highest BCUT2D eigenvalue weighted by atomic mass is 16.5. The molecule has 1 aliphatic carbocycles. The average Bonchev–Trinajstić information content (AvgIpc) is 2.27. The first-order valence-electron chi connectivity index (χ1n) is 7.28. The van der Waals surface area contributed by atoms with Crippen molar-refractivity contribution < 1.29 is 9.53 Å². The van der Waals surface area contributed by atoms with E-state index < -0.39 is 5.54 Å². The third-order valence-electron chi connectivity index (χ3n) is 4.19. The minimum Gasteiger partial charge on any atom is -0.465 e. The van der Waals surface area contributed by atoms with Crippen LogP contribution in [0.4, 0.5) is 0 Å². The van der Waals surface area contributed by atoms with Crippen molar-refractivity contribution in [2.45, 2.75) is 65.8 Å². The normalized spacial score (nSPS) is 27.2. The van der Waals surface area contributed by atoms with E-state index in [1.165, 1.54) is 6.42 Å². The summed E-state index contributed by atoms with van der Waals surface area (Å²) >= 11 is 0. The second kappa shape index (κ2) is 6.05. The molecule has 0 aliphatic heterocycles. The van der Waals surface area contributed by atoms with E-state index in [0.717, 1.165) is 25.8 Å². The highest BCUT2D eigenvalue weighted by Crippen LogP contribution is 2.44. The van der Waals surface area contributed by atoms with Crippen LogP contribution in [-0.2, 0) is 9.53 Å². The molecule has 0 radical (unpaired) electrons. The van der Waals surface area contributed by atoms with Gasteiger partial charge in [0.05, 0.1) is 6.61 Å². The molecule has 0 aromatic heterocycles. The molecule has 1 fully saturated rings.